The second-order valence-electron chi connectivity index (χ2n) is 5.81. The van der Waals surface area contributed by atoms with Gasteiger partial charge in [-0.15, -0.1) is 0 Å². The Morgan fingerprint density at radius 2 is 1.89 bits per heavy atom. The van der Waals surface area contributed by atoms with Crippen LogP contribution in [-0.4, -0.2) is 49.2 Å². The molecule has 2 atom stereocenters. The molecule has 1 fully saturated rings. The van der Waals surface area contributed by atoms with Crippen LogP contribution in [0.2, 0.25) is 0 Å². The monoisotopic (exact) mass is 257 g/mol. The van der Waals surface area contributed by atoms with Crippen molar-refractivity contribution < 1.29 is 19.1 Å². The topological polar surface area (TPSA) is 55.8 Å². The van der Waals surface area contributed by atoms with Crippen molar-refractivity contribution in [1.29, 1.82) is 0 Å². The third kappa shape index (κ3) is 3.98. The van der Waals surface area contributed by atoms with Crippen molar-refractivity contribution in [2.24, 2.45) is 11.8 Å². The predicted molar refractivity (Wildman–Crippen MR) is 67.0 cm³/mol. The number of hydrogen-bond donors (Lipinski definition) is 0. The number of methoxy groups -OCH3 is 1. The fraction of sp³-hybridized carbons (Fsp3) is 0.846. The molecule has 0 aromatic heterocycles. The highest BCUT2D eigenvalue weighted by atomic mass is 16.5. The lowest BCUT2D eigenvalue weighted by Crippen LogP contribution is -2.35. The Kier molecular flexibility index (Phi) is 4.73. The van der Waals surface area contributed by atoms with Crippen molar-refractivity contribution in [1.82, 2.24) is 4.90 Å². The summed E-state index contributed by atoms with van der Waals surface area (Å²) in [7, 11) is 1.38. The summed E-state index contributed by atoms with van der Waals surface area (Å²) in [5.41, 5.74) is -0.331. The molecule has 0 radical (unpaired) electrons. The number of rotatable bonds is 3. The van der Waals surface area contributed by atoms with Crippen LogP contribution in [0.5, 0.6) is 0 Å². The van der Waals surface area contributed by atoms with E-state index in [0.29, 0.717) is 13.1 Å². The average Bonchev–Trinajstić information content (AvgIpc) is 2.66. The van der Waals surface area contributed by atoms with Gasteiger partial charge in [-0.2, -0.15) is 0 Å². The molecule has 0 aromatic rings. The highest BCUT2D eigenvalue weighted by molar-refractivity contribution is 5.80. The maximum absolute atomic E-state index is 11.9. The zero-order chi connectivity index (χ0) is 13.9. The van der Waals surface area contributed by atoms with Gasteiger partial charge in [0.1, 0.15) is 6.61 Å². The fourth-order valence-corrected chi connectivity index (χ4v) is 2.00. The van der Waals surface area contributed by atoms with Crippen LogP contribution in [0.4, 0.5) is 0 Å². The Hall–Kier alpha value is -1.10. The summed E-state index contributed by atoms with van der Waals surface area (Å²) < 4.78 is 10.2. The minimum atomic E-state index is -0.331. The molecule has 0 N–H and O–H groups in total. The number of amides is 1. The number of nitrogens with zero attached hydrogens (tertiary/aromatic N) is 1. The van der Waals surface area contributed by atoms with Gasteiger partial charge in [-0.25, -0.2) is 0 Å². The first-order chi connectivity index (χ1) is 8.24. The first-order valence-electron chi connectivity index (χ1n) is 6.24. The molecule has 0 saturated carbocycles. The van der Waals surface area contributed by atoms with Gasteiger partial charge in [-0.1, -0.05) is 6.92 Å². The minimum absolute atomic E-state index is 0.0596. The summed E-state index contributed by atoms with van der Waals surface area (Å²) in [6.07, 6.45) is 0. The SMILES string of the molecule is COC(=O)C1CN(C(=O)COC(C)(C)C)CC1C. The molecule has 0 bridgehead atoms. The largest absolute Gasteiger partial charge is 0.469 e. The zero-order valence-electron chi connectivity index (χ0n) is 11.9. The standard InChI is InChI=1S/C13H23NO4/c1-9-6-14(7-10(9)12(16)17-5)11(15)8-18-13(2,3)4/h9-10H,6-8H2,1-5H3. The van der Waals surface area contributed by atoms with Gasteiger partial charge < -0.3 is 14.4 Å². The summed E-state index contributed by atoms with van der Waals surface area (Å²) in [5.74, 6) is -0.387. The van der Waals surface area contributed by atoms with Gasteiger partial charge in [0, 0.05) is 13.1 Å². The minimum Gasteiger partial charge on any atom is -0.469 e. The van der Waals surface area contributed by atoms with E-state index >= 15 is 0 Å². The summed E-state index contributed by atoms with van der Waals surface area (Å²) in [5, 5.41) is 0. The third-order valence-corrected chi connectivity index (χ3v) is 3.10. The Morgan fingerprint density at radius 1 is 1.28 bits per heavy atom. The Bertz CT molecular complexity index is 321. The van der Waals surface area contributed by atoms with Crippen molar-refractivity contribution in [2.45, 2.75) is 33.3 Å². The van der Waals surface area contributed by atoms with Crippen molar-refractivity contribution in [3.8, 4) is 0 Å². The number of ether oxygens (including phenoxy) is 2. The normalized spacial score (nSPS) is 24.2. The lowest BCUT2D eigenvalue weighted by atomic mass is 9.99. The molecule has 0 spiro atoms. The van der Waals surface area contributed by atoms with Crippen LogP contribution in [0.25, 0.3) is 0 Å². The molecule has 1 aliphatic heterocycles. The molecule has 18 heavy (non-hydrogen) atoms. The second-order valence-corrected chi connectivity index (χ2v) is 5.81. The average molecular weight is 257 g/mol. The van der Waals surface area contributed by atoms with Crippen LogP contribution in [0, 0.1) is 11.8 Å². The molecule has 1 amide bonds. The summed E-state index contributed by atoms with van der Waals surface area (Å²) in [6, 6.07) is 0. The lowest BCUT2D eigenvalue weighted by molar-refractivity contribution is -0.146. The molecular weight excluding hydrogens is 234 g/mol. The smallest absolute Gasteiger partial charge is 0.310 e. The van der Waals surface area contributed by atoms with E-state index in [1.807, 2.05) is 27.7 Å². The highest BCUT2D eigenvalue weighted by Gasteiger charge is 2.37. The molecule has 0 aromatic carbocycles. The maximum atomic E-state index is 11.9. The third-order valence-electron chi connectivity index (χ3n) is 3.10. The number of likely N-dealkylation sites (tertiary alicyclic amines) is 1. The van der Waals surface area contributed by atoms with E-state index in [2.05, 4.69) is 0 Å². The highest BCUT2D eigenvalue weighted by Crippen LogP contribution is 2.24. The van der Waals surface area contributed by atoms with Crippen molar-refractivity contribution in [3.05, 3.63) is 0 Å². The lowest BCUT2D eigenvalue weighted by Gasteiger charge is -2.22. The molecule has 1 saturated heterocycles. The molecule has 1 heterocycles. The van der Waals surface area contributed by atoms with Crippen molar-refractivity contribution in [2.75, 3.05) is 26.8 Å². The molecule has 1 rings (SSSR count). The molecule has 5 heteroatoms. The molecule has 1 aliphatic rings. The second kappa shape index (κ2) is 5.69. The van der Waals surface area contributed by atoms with Gasteiger partial charge in [-0.3, -0.25) is 9.59 Å². The van der Waals surface area contributed by atoms with E-state index < -0.39 is 0 Å². The van der Waals surface area contributed by atoms with Crippen molar-refractivity contribution >= 4 is 11.9 Å². The fourth-order valence-electron chi connectivity index (χ4n) is 2.00. The Morgan fingerprint density at radius 3 is 2.39 bits per heavy atom. The van der Waals surface area contributed by atoms with Gasteiger partial charge in [0.15, 0.2) is 0 Å². The van der Waals surface area contributed by atoms with E-state index in [4.69, 9.17) is 9.47 Å². The first kappa shape index (κ1) is 15.0. The van der Waals surface area contributed by atoms with Crippen LogP contribution in [0.1, 0.15) is 27.7 Å². The van der Waals surface area contributed by atoms with Crippen LogP contribution in [-0.2, 0) is 19.1 Å². The van der Waals surface area contributed by atoms with Crippen LogP contribution >= 0.6 is 0 Å². The Balaban J connectivity index is 2.50. The summed E-state index contributed by atoms with van der Waals surface area (Å²) in [4.78, 5) is 25.1. The van der Waals surface area contributed by atoms with E-state index in [9.17, 15) is 9.59 Å². The van der Waals surface area contributed by atoms with Gasteiger partial charge in [0.25, 0.3) is 0 Å². The molecule has 0 aliphatic carbocycles. The van der Waals surface area contributed by atoms with E-state index in [1.165, 1.54) is 7.11 Å². The van der Waals surface area contributed by atoms with E-state index in [-0.39, 0.29) is 35.9 Å². The first-order valence-corrected chi connectivity index (χ1v) is 6.24. The van der Waals surface area contributed by atoms with E-state index in [1.54, 1.807) is 4.90 Å². The van der Waals surface area contributed by atoms with Crippen molar-refractivity contribution in [3.63, 3.8) is 0 Å². The molecule has 2 unspecified atom stereocenters. The van der Waals surface area contributed by atoms with Crippen LogP contribution in [0.15, 0.2) is 0 Å². The predicted octanol–water partition coefficient (Wildman–Crippen LogP) is 1.07. The zero-order valence-corrected chi connectivity index (χ0v) is 11.9. The number of carbonyl (C=O) groups excluding carboxylic acids is 2. The van der Waals surface area contributed by atoms with Gasteiger partial charge in [0.05, 0.1) is 18.6 Å². The van der Waals surface area contributed by atoms with Crippen LogP contribution in [0.3, 0.4) is 0 Å². The number of carbonyl (C=O) groups is 2. The summed E-state index contributed by atoms with van der Waals surface area (Å²) >= 11 is 0. The number of hydrogen-bond acceptors (Lipinski definition) is 4. The van der Waals surface area contributed by atoms with Gasteiger partial charge in [0.2, 0.25) is 5.91 Å². The summed E-state index contributed by atoms with van der Waals surface area (Å²) in [6.45, 7) is 8.76. The molecular formula is C13H23NO4. The maximum Gasteiger partial charge on any atom is 0.310 e. The van der Waals surface area contributed by atoms with Gasteiger partial charge >= 0.3 is 5.97 Å². The quantitative estimate of drug-likeness (QED) is 0.710. The molecule has 5 nitrogen and oxygen atoms in total. The molecule has 104 valence electrons. The van der Waals surface area contributed by atoms with Crippen LogP contribution < -0.4 is 0 Å². The van der Waals surface area contributed by atoms with E-state index in [0.717, 1.165) is 0 Å². The Labute approximate surface area is 108 Å². The van der Waals surface area contributed by atoms with Gasteiger partial charge in [-0.05, 0) is 26.7 Å². The number of esters is 1.